The molecule has 0 radical (unpaired) electrons. The normalized spacial score (nSPS) is 13.3. The number of rotatable bonds is 4. The van der Waals surface area contributed by atoms with Gasteiger partial charge in [0.2, 0.25) is 0 Å². The Hall–Kier alpha value is -3.48. The minimum absolute atomic E-state index is 0.0871. The molecule has 1 aliphatic heterocycles. The SMILES string of the molecule is COc1cccc(-c2cc3c(c(OC)c2)OCCN(C(=O)c2cn[nH]c2)C3)c1. The third kappa shape index (κ3) is 3.38. The average Bonchev–Trinajstić information content (AvgIpc) is 3.19. The van der Waals surface area contributed by atoms with Crippen LogP contribution in [-0.2, 0) is 6.54 Å². The zero-order valence-corrected chi connectivity index (χ0v) is 15.8. The van der Waals surface area contributed by atoms with Crippen LogP contribution < -0.4 is 14.2 Å². The first kappa shape index (κ1) is 17.9. The fourth-order valence-electron chi connectivity index (χ4n) is 3.33. The highest BCUT2D eigenvalue weighted by Gasteiger charge is 2.24. The summed E-state index contributed by atoms with van der Waals surface area (Å²) in [6.45, 7) is 1.30. The van der Waals surface area contributed by atoms with E-state index in [-0.39, 0.29) is 5.91 Å². The second kappa shape index (κ2) is 7.64. The number of fused-ring (bicyclic) bond motifs is 1. The molecular formula is C21H21N3O4. The van der Waals surface area contributed by atoms with Gasteiger partial charge in [0.05, 0.1) is 32.5 Å². The highest BCUT2D eigenvalue weighted by molar-refractivity contribution is 5.93. The molecule has 0 spiro atoms. The molecular weight excluding hydrogens is 358 g/mol. The number of hydrogen-bond acceptors (Lipinski definition) is 5. The number of benzene rings is 2. The van der Waals surface area contributed by atoms with Crippen molar-refractivity contribution in [1.29, 1.82) is 0 Å². The van der Waals surface area contributed by atoms with Crippen LogP contribution in [0.25, 0.3) is 11.1 Å². The van der Waals surface area contributed by atoms with Gasteiger partial charge in [0, 0.05) is 18.3 Å². The number of ether oxygens (including phenoxy) is 3. The topological polar surface area (TPSA) is 76.7 Å². The van der Waals surface area contributed by atoms with E-state index in [4.69, 9.17) is 14.2 Å². The molecule has 2 heterocycles. The Morgan fingerprint density at radius 3 is 2.82 bits per heavy atom. The Labute approximate surface area is 162 Å². The lowest BCUT2D eigenvalue weighted by Gasteiger charge is -2.19. The van der Waals surface area contributed by atoms with E-state index in [1.807, 2.05) is 36.4 Å². The molecule has 144 valence electrons. The molecule has 0 unspecified atom stereocenters. The number of aromatic amines is 1. The fraction of sp³-hybridized carbons (Fsp3) is 0.238. The Kier molecular flexibility index (Phi) is 4.89. The number of methoxy groups -OCH3 is 2. The van der Waals surface area contributed by atoms with Gasteiger partial charge in [-0.15, -0.1) is 0 Å². The smallest absolute Gasteiger partial charge is 0.257 e. The zero-order valence-electron chi connectivity index (χ0n) is 15.8. The first-order valence-electron chi connectivity index (χ1n) is 8.96. The first-order chi connectivity index (χ1) is 13.7. The molecule has 0 saturated heterocycles. The molecule has 1 aromatic heterocycles. The number of H-pyrrole nitrogens is 1. The van der Waals surface area contributed by atoms with Crippen LogP contribution in [-0.4, -0.2) is 48.4 Å². The lowest BCUT2D eigenvalue weighted by Crippen LogP contribution is -2.32. The van der Waals surface area contributed by atoms with E-state index in [2.05, 4.69) is 10.2 Å². The third-order valence-corrected chi connectivity index (χ3v) is 4.76. The summed E-state index contributed by atoms with van der Waals surface area (Å²) in [6, 6.07) is 11.8. The third-order valence-electron chi connectivity index (χ3n) is 4.76. The fourth-order valence-corrected chi connectivity index (χ4v) is 3.33. The number of carbonyl (C=O) groups excluding carboxylic acids is 1. The van der Waals surface area contributed by atoms with Gasteiger partial charge in [-0.2, -0.15) is 5.10 Å². The van der Waals surface area contributed by atoms with Crippen molar-refractivity contribution in [3.05, 3.63) is 59.9 Å². The maximum absolute atomic E-state index is 12.8. The number of hydrogen-bond donors (Lipinski definition) is 1. The largest absolute Gasteiger partial charge is 0.497 e. The summed E-state index contributed by atoms with van der Waals surface area (Å²) in [5.41, 5.74) is 3.39. The number of carbonyl (C=O) groups is 1. The molecule has 1 amide bonds. The molecule has 7 nitrogen and oxygen atoms in total. The van der Waals surface area contributed by atoms with Crippen LogP contribution in [0.3, 0.4) is 0 Å². The summed E-state index contributed by atoms with van der Waals surface area (Å²) in [4.78, 5) is 14.5. The molecule has 1 aliphatic rings. The van der Waals surface area contributed by atoms with Gasteiger partial charge in [0.25, 0.3) is 5.91 Å². The van der Waals surface area contributed by atoms with Crippen molar-refractivity contribution >= 4 is 5.91 Å². The van der Waals surface area contributed by atoms with Crippen molar-refractivity contribution < 1.29 is 19.0 Å². The average molecular weight is 379 g/mol. The number of nitrogens with one attached hydrogen (secondary N) is 1. The van der Waals surface area contributed by atoms with E-state index >= 15 is 0 Å². The van der Waals surface area contributed by atoms with Crippen LogP contribution in [0.1, 0.15) is 15.9 Å². The first-order valence-corrected chi connectivity index (χ1v) is 8.96. The van der Waals surface area contributed by atoms with Crippen molar-refractivity contribution in [3.63, 3.8) is 0 Å². The second-order valence-electron chi connectivity index (χ2n) is 6.46. The van der Waals surface area contributed by atoms with Crippen molar-refractivity contribution in [2.24, 2.45) is 0 Å². The summed E-state index contributed by atoms with van der Waals surface area (Å²) < 4.78 is 16.9. The predicted molar refractivity (Wildman–Crippen MR) is 104 cm³/mol. The summed E-state index contributed by atoms with van der Waals surface area (Å²) in [5, 5.41) is 6.55. The van der Waals surface area contributed by atoms with Gasteiger partial charge >= 0.3 is 0 Å². The Bertz CT molecular complexity index is 985. The molecule has 28 heavy (non-hydrogen) atoms. The maximum atomic E-state index is 12.8. The van der Waals surface area contributed by atoms with E-state index in [0.717, 1.165) is 22.4 Å². The van der Waals surface area contributed by atoms with Crippen LogP contribution in [0.15, 0.2) is 48.8 Å². The Morgan fingerprint density at radius 2 is 2.07 bits per heavy atom. The number of amides is 1. The van der Waals surface area contributed by atoms with Gasteiger partial charge in [0.15, 0.2) is 11.5 Å². The summed E-state index contributed by atoms with van der Waals surface area (Å²) >= 11 is 0. The molecule has 2 aromatic carbocycles. The molecule has 7 heteroatoms. The second-order valence-corrected chi connectivity index (χ2v) is 6.46. The summed E-state index contributed by atoms with van der Waals surface area (Å²) in [5.74, 6) is 2.01. The Morgan fingerprint density at radius 1 is 1.18 bits per heavy atom. The molecule has 0 atom stereocenters. The van der Waals surface area contributed by atoms with Crippen LogP contribution >= 0.6 is 0 Å². The molecule has 4 rings (SSSR count). The van der Waals surface area contributed by atoms with Crippen molar-refractivity contribution in [2.75, 3.05) is 27.4 Å². The van der Waals surface area contributed by atoms with E-state index in [9.17, 15) is 4.79 Å². The molecule has 0 bridgehead atoms. The van der Waals surface area contributed by atoms with Gasteiger partial charge in [-0.1, -0.05) is 12.1 Å². The maximum Gasteiger partial charge on any atom is 0.257 e. The minimum Gasteiger partial charge on any atom is -0.497 e. The van der Waals surface area contributed by atoms with E-state index < -0.39 is 0 Å². The number of nitrogens with zero attached hydrogens (tertiary/aromatic N) is 2. The van der Waals surface area contributed by atoms with Crippen LogP contribution in [0.2, 0.25) is 0 Å². The molecule has 0 saturated carbocycles. The standard InChI is InChI=1S/C21H21N3O4/c1-26-18-5-3-4-14(9-18)15-8-16-13-24(21(25)17-11-22-23-12-17)6-7-28-20(16)19(10-15)27-2/h3-5,8-12H,6-7,13H2,1-2H3,(H,22,23). The molecule has 0 aliphatic carbocycles. The van der Waals surface area contributed by atoms with Crippen LogP contribution in [0.4, 0.5) is 0 Å². The van der Waals surface area contributed by atoms with Crippen LogP contribution in [0, 0.1) is 0 Å². The lowest BCUT2D eigenvalue weighted by molar-refractivity contribution is 0.0733. The van der Waals surface area contributed by atoms with Crippen molar-refractivity contribution in [1.82, 2.24) is 15.1 Å². The van der Waals surface area contributed by atoms with Crippen molar-refractivity contribution in [2.45, 2.75) is 6.54 Å². The lowest BCUT2D eigenvalue weighted by atomic mass is 10.0. The Balaban J connectivity index is 1.73. The predicted octanol–water partition coefficient (Wildman–Crippen LogP) is 3.13. The quantitative estimate of drug-likeness (QED) is 0.754. The van der Waals surface area contributed by atoms with Crippen molar-refractivity contribution in [3.8, 4) is 28.4 Å². The molecule has 1 N–H and O–H groups in total. The van der Waals surface area contributed by atoms with Gasteiger partial charge in [-0.3, -0.25) is 9.89 Å². The van der Waals surface area contributed by atoms with Gasteiger partial charge in [0.1, 0.15) is 12.4 Å². The monoisotopic (exact) mass is 379 g/mol. The van der Waals surface area contributed by atoms with E-state index in [1.165, 1.54) is 6.20 Å². The van der Waals surface area contributed by atoms with Gasteiger partial charge in [-0.05, 0) is 35.4 Å². The highest BCUT2D eigenvalue weighted by Crippen LogP contribution is 2.39. The van der Waals surface area contributed by atoms with E-state index in [0.29, 0.717) is 36.8 Å². The van der Waals surface area contributed by atoms with E-state index in [1.54, 1.807) is 25.3 Å². The molecule has 0 fully saturated rings. The summed E-state index contributed by atoms with van der Waals surface area (Å²) in [6.07, 6.45) is 3.13. The highest BCUT2D eigenvalue weighted by atomic mass is 16.5. The molecule has 3 aromatic rings. The minimum atomic E-state index is -0.0871. The zero-order chi connectivity index (χ0) is 19.5. The summed E-state index contributed by atoms with van der Waals surface area (Å²) in [7, 11) is 3.26. The number of aromatic nitrogens is 2. The van der Waals surface area contributed by atoms with Gasteiger partial charge < -0.3 is 19.1 Å². The van der Waals surface area contributed by atoms with Gasteiger partial charge in [-0.25, -0.2) is 0 Å². The van der Waals surface area contributed by atoms with Crippen LogP contribution in [0.5, 0.6) is 17.2 Å².